The number of ether oxygens (including phenoxy) is 1. The van der Waals surface area contributed by atoms with Crippen LogP contribution in [-0.4, -0.2) is 17.4 Å². The lowest BCUT2D eigenvalue weighted by Crippen LogP contribution is -2.55. The van der Waals surface area contributed by atoms with Gasteiger partial charge in [-0.05, 0) is 86.0 Å². The van der Waals surface area contributed by atoms with E-state index in [9.17, 15) is 9.59 Å². The first-order valence-corrected chi connectivity index (χ1v) is 11.0. The van der Waals surface area contributed by atoms with Gasteiger partial charge in [0.1, 0.15) is 5.60 Å². The third kappa shape index (κ3) is 1.49. The van der Waals surface area contributed by atoms with Crippen LogP contribution in [0.4, 0.5) is 0 Å². The van der Waals surface area contributed by atoms with Gasteiger partial charge in [-0.2, -0.15) is 0 Å². The van der Waals surface area contributed by atoms with Gasteiger partial charge in [-0.1, -0.05) is 12.5 Å². The quantitative estimate of drug-likeness (QED) is 0.621. The van der Waals surface area contributed by atoms with E-state index in [-0.39, 0.29) is 17.0 Å². The topological polar surface area (TPSA) is 43.4 Å². The second-order valence-corrected chi connectivity index (χ2v) is 10.9. The summed E-state index contributed by atoms with van der Waals surface area (Å²) in [7, 11) is 0. The van der Waals surface area contributed by atoms with Gasteiger partial charge in [0.15, 0.2) is 5.78 Å². The van der Waals surface area contributed by atoms with Crippen LogP contribution in [0.15, 0.2) is 11.6 Å². The molecule has 7 aliphatic rings. The summed E-state index contributed by atoms with van der Waals surface area (Å²) >= 11 is 0. The third-order valence-electron chi connectivity index (χ3n) is 10.2. The minimum absolute atomic E-state index is 0.0589. The second kappa shape index (κ2) is 4.31. The molecule has 7 rings (SSSR count). The summed E-state index contributed by atoms with van der Waals surface area (Å²) in [6, 6.07) is 0. The summed E-state index contributed by atoms with van der Waals surface area (Å²) in [6.45, 7) is 2.49. The molecule has 0 N–H and O–H groups in total. The highest BCUT2D eigenvalue weighted by Gasteiger charge is 2.80. The summed E-state index contributed by atoms with van der Waals surface area (Å²) in [4.78, 5) is 24.1. The first-order chi connectivity index (χ1) is 12.5. The van der Waals surface area contributed by atoms with Crippen molar-refractivity contribution < 1.29 is 14.3 Å². The van der Waals surface area contributed by atoms with E-state index in [2.05, 4.69) is 13.0 Å². The highest BCUT2D eigenvalue weighted by molar-refractivity contribution is 5.91. The Kier molecular flexibility index (Phi) is 2.46. The average Bonchev–Trinajstić information content (AvgIpc) is 3.51. The molecular weight excluding hydrogens is 324 g/mol. The summed E-state index contributed by atoms with van der Waals surface area (Å²) in [5, 5.41) is 0. The molecule has 7 unspecified atom stereocenters. The number of fused-ring (bicyclic) bond motifs is 12. The largest absolute Gasteiger partial charge is 0.458 e. The monoisotopic (exact) mass is 352 g/mol. The van der Waals surface area contributed by atoms with Gasteiger partial charge in [0, 0.05) is 24.2 Å². The summed E-state index contributed by atoms with van der Waals surface area (Å²) in [6.07, 6.45) is 10.7. The molecule has 0 radical (unpaired) electrons. The maximum Gasteiger partial charge on any atom is 0.306 e. The van der Waals surface area contributed by atoms with E-state index in [4.69, 9.17) is 4.74 Å². The Morgan fingerprint density at radius 1 is 1.00 bits per heavy atom. The Labute approximate surface area is 154 Å². The van der Waals surface area contributed by atoms with E-state index in [1.54, 1.807) is 5.57 Å². The van der Waals surface area contributed by atoms with Crippen LogP contribution in [0.25, 0.3) is 0 Å². The lowest BCUT2D eigenvalue weighted by molar-refractivity contribution is -0.174. The van der Waals surface area contributed by atoms with Crippen LogP contribution in [0, 0.1) is 52.8 Å². The molecule has 1 aliphatic heterocycles. The van der Waals surface area contributed by atoms with Crippen LogP contribution in [0.3, 0.4) is 0 Å². The number of hydrogen-bond acceptors (Lipinski definition) is 3. The van der Waals surface area contributed by atoms with Gasteiger partial charge in [-0.15, -0.1) is 0 Å². The van der Waals surface area contributed by atoms with E-state index in [1.165, 1.54) is 25.7 Å². The van der Waals surface area contributed by atoms with Crippen molar-refractivity contribution in [3.05, 3.63) is 11.6 Å². The molecule has 3 nitrogen and oxygen atoms in total. The van der Waals surface area contributed by atoms with Crippen LogP contribution in [-0.2, 0) is 14.3 Å². The van der Waals surface area contributed by atoms with Gasteiger partial charge >= 0.3 is 5.97 Å². The standard InChI is InChI=1S/C23H28O3/c1-22-6-4-13-12-3-2-11(24)8-14(12)15-9-16(15)20(13)21(22)17-10-18(17)23(22)7-5-19(25)26-23/h8,12-13,15-18,20-21H,2-7,9-10H2,1H3/t12?,13?,15-,16?,17?,18?,20?,21?,22+,23+/m1/s1. The molecular formula is C23H28O3. The Morgan fingerprint density at radius 3 is 2.69 bits per heavy atom. The van der Waals surface area contributed by atoms with Crippen molar-refractivity contribution in [3.63, 3.8) is 0 Å². The molecule has 0 aromatic rings. The van der Waals surface area contributed by atoms with Crippen LogP contribution < -0.4 is 0 Å². The predicted molar refractivity (Wildman–Crippen MR) is 94.9 cm³/mol. The lowest BCUT2D eigenvalue weighted by Gasteiger charge is -2.57. The smallest absolute Gasteiger partial charge is 0.306 e. The Bertz CT molecular complexity index is 782. The molecule has 26 heavy (non-hydrogen) atoms. The van der Waals surface area contributed by atoms with Crippen molar-refractivity contribution in [1.82, 2.24) is 0 Å². The molecule has 6 aliphatic carbocycles. The van der Waals surface area contributed by atoms with Crippen LogP contribution in [0.2, 0.25) is 0 Å². The first kappa shape index (κ1) is 14.9. The van der Waals surface area contributed by atoms with E-state index in [1.807, 2.05) is 0 Å². The summed E-state index contributed by atoms with van der Waals surface area (Å²) < 4.78 is 6.19. The molecule has 0 amide bonds. The minimum atomic E-state index is -0.118. The van der Waals surface area contributed by atoms with Gasteiger partial charge in [0.2, 0.25) is 0 Å². The molecule has 1 spiro atoms. The molecule has 3 heteroatoms. The molecule has 0 bridgehead atoms. The zero-order chi connectivity index (χ0) is 17.4. The second-order valence-electron chi connectivity index (χ2n) is 10.9. The van der Waals surface area contributed by atoms with Gasteiger partial charge in [-0.3, -0.25) is 9.59 Å². The molecule has 1 heterocycles. The Hall–Kier alpha value is -1.12. The number of allylic oxidation sites excluding steroid dienone is 1. The van der Waals surface area contributed by atoms with Crippen molar-refractivity contribution in [1.29, 1.82) is 0 Å². The minimum Gasteiger partial charge on any atom is -0.458 e. The molecule has 10 atom stereocenters. The highest BCUT2D eigenvalue weighted by atomic mass is 16.6. The van der Waals surface area contributed by atoms with Gasteiger partial charge in [-0.25, -0.2) is 0 Å². The van der Waals surface area contributed by atoms with E-state index in [0.29, 0.717) is 30.0 Å². The Balaban J connectivity index is 1.31. The van der Waals surface area contributed by atoms with Crippen LogP contribution in [0.1, 0.15) is 58.3 Å². The molecule has 6 fully saturated rings. The normalized spacial score (nSPS) is 61.0. The van der Waals surface area contributed by atoms with Crippen molar-refractivity contribution in [2.24, 2.45) is 52.8 Å². The fraction of sp³-hybridized carbons (Fsp3) is 0.826. The summed E-state index contributed by atoms with van der Waals surface area (Å²) in [5.41, 5.74) is 1.64. The number of esters is 1. The van der Waals surface area contributed by atoms with E-state index in [0.717, 1.165) is 48.9 Å². The van der Waals surface area contributed by atoms with Crippen molar-refractivity contribution in [2.45, 2.75) is 63.9 Å². The fourth-order valence-corrected chi connectivity index (χ4v) is 9.35. The van der Waals surface area contributed by atoms with Gasteiger partial charge in [0.05, 0.1) is 0 Å². The molecule has 1 saturated heterocycles. The van der Waals surface area contributed by atoms with E-state index < -0.39 is 0 Å². The molecule has 138 valence electrons. The Morgan fingerprint density at radius 2 is 1.88 bits per heavy atom. The molecule has 0 aromatic heterocycles. The number of carbonyl (C=O) groups excluding carboxylic acids is 2. The van der Waals surface area contributed by atoms with Gasteiger partial charge in [0.25, 0.3) is 0 Å². The maximum absolute atomic E-state index is 12.1. The van der Waals surface area contributed by atoms with Crippen molar-refractivity contribution in [3.8, 4) is 0 Å². The van der Waals surface area contributed by atoms with E-state index >= 15 is 0 Å². The number of rotatable bonds is 0. The van der Waals surface area contributed by atoms with Crippen molar-refractivity contribution in [2.75, 3.05) is 0 Å². The number of hydrogen-bond donors (Lipinski definition) is 0. The lowest BCUT2D eigenvalue weighted by atomic mass is 9.49. The van der Waals surface area contributed by atoms with Crippen molar-refractivity contribution >= 4 is 11.8 Å². The average molecular weight is 352 g/mol. The van der Waals surface area contributed by atoms with Gasteiger partial charge < -0.3 is 4.74 Å². The van der Waals surface area contributed by atoms with Crippen LogP contribution in [0.5, 0.6) is 0 Å². The number of carbonyl (C=O) groups is 2. The molecule has 5 saturated carbocycles. The highest BCUT2D eigenvalue weighted by Crippen LogP contribution is 2.81. The zero-order valence-corrected chi connectivity index (χ0v) is 15.6. The fourth-order valence-electron chi connectivity index (χ4n) is 9.35. The predicted octanol–water partition coefficient (Wildman–Crippen LogP) is 3.92. The SMILES string of the molecule is C[C@]12CCC3C4CCC(=O)C=C4[C@H]4CC4C3C1C1CC1[C@@]21CCC(=O)O1. The summed E-state index contributed by atoms with van der Waals surface area (Å²) in [5.74, 6) is 6.54. The molecule has 0 aromatic carbocycles. The first-order valence-electron chi connectivity index (χ1n) is 11.0. The number of ketones is 1. The zero-order valence-electron chi connectivity index (χ0n) is 15.6. The van der Waals surface area contributed by atoms with Crippen LogP contribution >= 0.6 is 0 Å². The maximum atomic E-state index is 12.1. The third-order valence-corrected chi connectivity index (χ3v) is 10.2.